The highest BCUT2D eigenvalue weighted by Crippen LogP contribution is 2.34. The minimum absolute atomic E-state index is 0.414. The van der Waals surface area contributed by atoms with Gasteiger partial charge in [0.2, 0.25) is 0 Å². The van der Waals surface area contributed by atoms with Crippen LogP contribution in [0.2, 0.25) is 0 Å². The molecule has 2 atom stereocenters. The maximum Gasteiger partial charge on any atom is 0.0108 e. The van der Waals surface area contributed by atoms with E-state index in [0.29, 0.717) is 12.0 Å². The van der Waals surface area contributed by atoms with Gasteiger partial charge in [-0.15, -0.1) is 0 Å². The fraction of sp³-hybridized carbons (Fsp3) is 0.400. The van der Waals surface area contributed by atoms with Gasteiger partial charge < -0.3 is 5.73 Å². The van der Waals surface area contributed by atoms with Gasteiger partial charge in [0.05, 0.1) is 0 Å². The normalized spacial score (nSPS) is 29.5. The molecule has 2 rings (SSSR count). The molecule has 0 heterocycles. The molecule has 0 aliphatic heterocycles. The minimum atomic E-state index is 0.414. The highest BCUT2D eigenvalue weighted by molar-refractivity contribution is 5.23. The molecule has 0 spiro atoms. The summed E-state index contributed by atoms with van der Waals surface area (Å²) >= 11 is 0. The Morgan fingerprint density at radius 1 is 1.09 bits per heavy atom. The SMILES string of the molecule is N[C@@H]1CC[C@H]1c1ccccc1. The third-order valence-corrected chi connectivity index (χ3v) is 2.56. The second-order valence-electron chi connectivity index (χ2n) is 3.26. The van der Waals surface area contributed by atoms with Gasteiger partial charge in [0.15, 0.2) is 0 Å². The first-order valence-electron chi connectivity index (χ1n) is 4.18. The largest absolute Gasteiger partial charge is 0.327 e. The summed E-state index contributed by atoms with van der Waals surface area (Å²) < 4.78 is 0. The Labute approximate surface area is 67.2 Å². The minimum Gasteiger partial charge on any atom is -0.327 e. The van der Waals surface area contributed by atoms with Crippen LogP contribution in [0.25, 0.3) is 0 Å². The molecule has 1 saturated carbocycles. The second-order valence-corrected chi connectivity index (χ2v) is 3.26. The van der Waals surface area contributed by atoms with Crippen LogP contribution in [0.15, 0.2) is 30.3 Å². The summed E-state index contributed by atoms with van der Waals surface area (Å²) in [6, 6.07) is 11.0. The lowest BCUT2D eigenvalue weighted by Gasteiger charge is -2.33. The molecule has 0 bridgehead atoms. The monoisotopic (exact) mass is 147 g/mol. The molecule has 11 heavy (non-hydrogen) atoms. The molecule has 1 aromatic rings. The number of hydrogen-bond acceptors (Lipinski definition) is 1. The molecular weight excluding hydrogens is 134 g/mol. The Morgan fingerprint density at radius 3 is 2.27 bits per heavy atom. The molecule has 1 aromatic carbocycles. The van der Waals surface area contributed by atoms with E-state index >= 15 is 0 Å². The predicted octanol–water partition coefficient (Wildman–Crippen LogP) is 1.89. The van der Waals surface area contributed by atoms with Crippen LogP contribution in [-0.2, 0) is 0 Å². The van der Waals surface area contributed by atoms with Gasteiger partial charge in [-0.3, -0.25) is 0 Å². The smallest absolute Gasteiger partial charge is 0.0108 e. The summed E-state index contributed by atoms with van der Waals surface area (Å²) in [6.45, 7) is 0. The van der Waals surface area contributed by atoms with Crippen molar-refractivity contribution in [3.8, 4) is 0 Å². The maximum absolute atomic E-state index is 5.85. The van der Waals surface area contributed by atoms with Crippen LogP contribution in [0.3, 0.4) is 0 Å². The topological polar surface area (TPSA) is 26.0 Å². The van der Waals surface area contributed by atoms with Crippen molar-refractivity contribution in [2.45, 2.75) is 24.8 Å². The summed E-state index contributed by atoms with van der Waals surface area (Å²) in [6.07, 6.45) is 2.46. The van der Waals surface area contributed by atoms with Gasteiger partial charge in [-0.1, -0.05) is 30.3 Å². The van der Waals surface area contributed by atoms with Crippen LogP contribution in [0.4, 0.5) is 0 Å². The van der Waals surface area contributed by atoms with E-state index in [1.165, 1.54) is 18.4 Å². The Bertz CT molecular complexity index is 230. The summed E-state index contributed by atoms with van der Waals surface area (Å²) in [5.74, 6) is 0.635. The van der Waals surface area contributed by atoms with Crippen molar-refractivity contribution in [1.29, 1.82) is 0 Å². The molecule has 1 nitrogen and oxygen atoms in total. The third kappa shape index (κ3) is 1.16. The zero-order chi connectivity index (χ0) is 7.68. The van der Waals surface area contributed by atoms with Gasteiger partial charge in [0.25, 0.3) is 0 Å². The van der Waals surface area contributed by atoms with Crippen LogP contribution in [0.5, 0.6) is 0 Å². The lowest BCUT2D eigenvalue weighted by Crippen LogP contribution is -2.37. The zero-order valence-corrected chi connectivity index (χ0v) is 6.53. The van der Waals surface area contributed by atoms with Crippen molar-refractivity contribution in [1.82, 2.24) is 0 Å². The fourth-order valence-electron chi connectivity index (χ4n) is 1.64. The van der Waals surface area contributed by atoms with E-state index in [2.05, 4.69) is 24.3 Å². The number of hydrogen-bond donors (Lipinski definition) is 1. The quantitative estimate of drug-likeness (QED) is 0.645. The number of nitrogens with two attached hydrogens (primary N) is 1. The van der Waals surface area contributed by atoms with Crippen molar-refractivity contribution in [2.75, 3.05) is 0 Å². The van der Waals surface area contributed by atoms with Crippen LogP contribution in [-0.4, -0.2) is 6.04 Å². The van der Waals surface area contributed by atoms with Gasteiger partial charge in [-0.2, -0.15) is 0 Å². The van der Waals surface area contributed by atoms with Crippen LogP contribution in [0.1, 0.15) is 24.3 Å². The Kier molecular flexibility index (Phi) is 1.66. The second kappa shape index (κ2) is 2.67. The first-order chi connectivity index (χ1) is 5.38. The van der Waals surface area contributed by atoms with Crippen molar-refractivity contribution < 1.29 is 0 Å². The van der Waals surface area contributed by atoms with E-state index in [9.17, 15) is 0 Å². The standard InChI is InChI=1S/C10H13N/c11-10-7-6-9(10)8-4-2-1-3-5-8/h1-5,9-10H,6-7,11H2/t9-,10+/m0/s1. The van der Waals surface area contributed by atoms with Crippen molar-refractivity contribution in [2.24, 2.45) is 5.73 Å². The molecule has 1 aliphatic rings. The first kappa shape index (κ1) is 6.86. The average Bonchev–Trinajstić information content (AvgIpc) is 2.04. The van der Waals surface area contributed by atoms with Crippen molar-refractivity contribution in [3.05, 3.63) is 35.9 Å². The van der Waals surface area contributed by atoms with Gasteiger partial charge in [-0.25, -0.2) is 0 Å². The van der Waals surface area contributed by atoms with Gasteiger partial charge in [-0.05, 0) is 24.3 Å². The summed E-state index contributed by atoms with van der Waals surface area (Å²) in [5.41, 5.74) is 7.26. The van der Waals surface area contributed by atoms with Crippen LogP contribution in [0, 0.1) is 0 Å². The summed E-state index contributed by atoms with van der Waals surface area (Å²) in [7, 11) is 0. The predicted molar refractivity (Wildman–Crippen MR) is 46.4 cm³/mol. The molecule has 1 heteroatoms. The van der Waals surface area contributed by atoms with E-state index in [-0.39, 0.29) is 0 Å². The third-order valence-electron chi connectivity index (χ3n) is 2.56. The zero-order valence-electron chi connectivity index (χ0n) is 6.53. The van der Waals surface area contributed by atoms with Gasteiger partial charge >= 0.3 is 0 Å². The lowest BCUT2D eigenvalue weighted by molar-refractivity contribution is 0.347. The molecule has 0 amide bonds. The molecule has 2 N–H and O–H groups in total. The van der Waals surface area contributed by atoms with E-state index in [1.54, 1.807) is 0 Å². The van der Waals surface area contributed by atoms with Gasteiger partial charge in [0.1, 0.15) is 0 Å². The van der Waals surface area contributed by atoms with Crippen molar-refractivity contribution >= 4 is 0 Å². The molecular formula is C10H13N. The lowest BCUT2D eigenvalue weighted by atomic mass is 9.76. The van der Waals surface area contributed by atoms with E-state index in [1.807, 2.05) is 6.07 Å². The van der Waals surface area contributed by atoms with Crippen molar-refractivity contribution in [3.63, 3.8) is 0 Å². The Hall–Kier alpha value is -0.820. The molecule has 0 unspecified atom stereocenters. The van der Waals surface area contributed by atoms with E-state index in [0.717, 1.165) is 0 Å². The summed E-state index contributed by atoms with van der Waals surface area (Å²) in [5, 5.41) is 0. The fourth-order valence-corrected chi connectivity index (χ4v) is 1.64. The molecule has 0 aromatic heterocycles. The molecule has 0 saturated heterocycles. The highest BCUT2D eigenvalue weighted by Gasteiger charge is 2.28. The molecule has 58 valence electrons. The number of benzene rings is 1. The summed E-state index contributed by atoms with van der Waals surface area (Å²) in [4.78, 5) is 0. The Morgan fingerprint density at radius 2 is 1.82 bits per heavy atom. The van der Waals surface area contributed by atoms with Crippen LogP contribution < -0.4 is 5.73 Å². The highest BCUT2D eigenvalue weighted by atomic mass is 14.7. The van der Waals surface area contributed by atoms with Crippen LogP contribution >= 0.6 is 0 Å². The molecule has 1 fully saturated rings. The number of rotatable bonds is 1. The molecule has 1 aliphatic carbocycles. The van der Waals surface area contributed by atoms with E-state index < -0.39 is 0 Å². The maximum atomic E-state index is 5.85. The van der Waals surface area contributed by atoms with Gasteiger partial charge in [0, 0.05) is 6.04 Å². The first-order valence-corrected chi connectivity index (χ1v) is 4.18. The average molecular weight is 147 g/mol. The molecule has 0 radical (unpaired) electrons. The Balaban J connectivity index is 2.17. The van der Waals surface area contributed by atoms with E-state index in [4.69, 9.17) is 5.73 Å².